The molecule has 0 aromatic heterocycles. The highest BCUT2D eigenvalue weighted by Crippen LogP contribution is 2.33. The second-order valence-corrected chi connectivity index (χ2v) is 7.35. The van der Waals surface area contributed by atoms with Gasteiger partial charge in [-0.2, -0.15) is 0 Å². The third kappa shape index (κ3) is 3.71. The Balaban J connectivity index is 1.96. The van der Waals surface area contributed by atoms with Crippen molar-refractivity contribution in [3.8, 4) is 0 Å². The maximum absolute atomic E-state index is 6.42. The molecule has 2 N–H and O–H groups in total. The van der Waals surface area contributed by atoms with Gasteiger partial charge in [-0.1, -0.05) is 26.2 Å². The monoisotopic (exact) mass is 252 g/mol. The molecule has 2 heteroatoms. The number of likely N-dealkylation sites (tertiary alicyclic amines) is 1. The number of rotatable bonds is 2. The zero-order chi connectivity index (χ0) is 13.2. The molecule has 0 amide bonds. The molecule has 2 nitrogen and oxygen atoms in total. The minimum atomic E-state index is 0.0328. The van der Waals surface area contributed by atoms with Crippen molar-refractivity contribution in [1.29, 1.82) is 0 Å². The molecule has 0 radical (unpaired) electrons. The Labute approximate surface area is 113 Å². The first kappa shape index (κ1) is 14.3. The van der Waals surface area contributed by atoms with Crippen molar-refractivity contribution in [1.82, 2.24) is 4.90 Å². The van der Waals surface area contributed by atoms with Gasteiger partial charge in [-0.3, -0.25) is 4.90 Å². The average Bonchev–Trinajstić information content (AvgIpc) is 2.49. The molecule has 4 atom stereocenters. The summed E-state index contributed by atoms with van der Waals surface area (Å²) in [4.78, 5) is 2.69. The topological polar surface area (TPSA) is 29.3 Å². The fraction of sp³-hybridized carbons (Fsp3) is 1.00. The summed E-state index contributed by atoms with van der Waals surface area (Å²) in [6.07, 6.45) is 9.57. The minimum Gasteiger partial charge on any atom is -0.324 e. The van der Waals surface area contributed by atoms with Crippen LogP contribution in [-0.4, -0.2) is 29.6 Å². The molecule has 1 heterocycles. The SMILES string of the molecule is CC1CCCC(C(C)N2CCCCC(C)(N)C2)C1. The molecule has 0 spiro atoms. The van der Waals surface area contributed by atoms with Crippen molar-refractivity contribution >= 4 is 0 Å². The van der Waals surface area contributed by atoms with Crippen molar-refractivity contribution < 1.29 is 0 Å². The van der Waals surface area contributed by atoms with E-state index >= 15 is 0 Å². The molecule has 1 aliphatic carbocycles. The lowest BCUT2D eigenvalue weighted by Gasteiger charge is -2.40. The minimum absolute atomic E-state index is 0.0328. The third-order valence-corrected chi connectivity index (χ3v) is 5.24. The molecule has 2 fully saturated rings. The number of nitrogens with two attached hydrogens (primary N) is 1. The molecular weight excluding hydrogens is 220 g/mol. The van der Waals surface area contributed by atoms with Gasteiger partial charge in [-0.05, 0) is 57.9 Å². The quantitative estimate of drug-likeness (QED) is 0.816. The van der Waals surface area contributed by atoms with Crippen LogP contribution >= 0.6 is 0 Å². The van der Waals surface area contributed by atoms with E-state index in [0.29, 0.717) is 0 Å². The molecule has 2 rings (SSSR count). The first-order valence-corrected chi connectivity index (χ1v) is 8.01. The van der Waals surface area contributed by atoms with Crippen LogP contribution in [0.5, 0.6) is 0 Å². The van der Waals surface area contributed by atoms with E-state index in [2.05, 4.69) is 25.7 Å². The zero-order valence-electron chi connectivity index (χ0n) is 12.6. The van der Waals surface area contributed by atoms with E-state index in [0.717, 1.165) is 24.4 Å². The molecular formula is C16H32N2. The highest BCUT2D eigenvalue weighted by molar-refractivity contribution is 4.90. The standard InChI is InChI=1S/C16H32N2/c1-13-7-6-8-15(11-13)14(2)18-10-5-4-9-16(3,17)12-18/h13-15H,4-12,17H2,1-3H3. The lowest BCUT2D eigenvalue weighted by Crippen LogP contribution is -2.51. The van der Waals surface area contributed by atoms with E-state index in [9.17, 15) is 0 Å². The van der Waals surface area contributed by atoms with Crippen LogP contribution in [0.1, 0.15) is 65.7 Å². The van der Waals surface area contributed by atoms with Crippen LogP contribution in [0.2, 0.25) is 0 Å². The van der Waals surface area contributed by atoms with Crippen LogP contribution in [0, 0.1) is 11.8 Å². The summed E-state index contributed by atoms with van der Waals surface area (Å²) in [6.45, 7) is 9.47. The van der Waals surface area contributed by atoms with E-state index in [4.69, 9.17) is 5.73 Å². The van der Waals surface area contributed by atoms with Crippen molar-refractivity contribution in [3.05, 3.63) is 0 Å². The van der Waals surface area contributed by atoms with Gasteiger partial charge in [-0.25, -0.2) is 0 Å². The van der Waals surface area contributed by atoms with Crippen molar-refractivity contribution in [3.63, 3.8) is 0 Å². The summed E-state index contributed by atoms with van der Waals surface area (Å²) < 4.78 is 0. The summed E-state index contributed by atoms with van der Waals surface area (Å²) in [5, 5.41) is 0. The largest absolute Gasteiger partial charge is 0.324 e. The van der Waals surface area contributed by atoms with E-state index in [1.165, 1.54) is 51.5 Å². The number of nitrogens with zero attached hydrogens (tertiary/aromatic N) is 1. The summed E-state index contributed by atoms with van der Waals surface area (Å²) in [5.74, 6) is 1.84. The van der Waals surface area contributed by atoms with Gasteiger partial charge in [0.25, 0.3) is 0 Å². The lowest BCUT2D eigenvalue weighted by atomic mass is 9.78. The van der Waals surface area contributed by atoms with Crippen LogP contribution in [-0.2, 0) is 0 Å². The smallest absolute Gasteiger partial charge is 0.0254 e. The molecule has 2 aliphatic rings. The molecule has 1 saturated carbocycles. The predicted octanol–water partition coefficient (Wildman–Crippen LogP) is 3.40. The molecule has 106 valence electrons. The summed E-state index contributed by atoms with van der Waals surface area (Å²) in [6, 6.07) is 0.730. The Kier molecular flexibility index (Phi) is 4.71. The van der Waals surface area contributed by atoms with Crippen LogP contribution < -0.4 is 5.73 Å². The zero-order valence-corrected chi connectivity index (χ0v) is 12.6. The van der Waals surface area contributed by atoms with Crippen LogP contribution in [0.3, 0.4) is 0 Å². The van der Waals surface area contributed by atoms with E-state index in [-0.39, 0.29) is 5.54 Å². The maximum atomic E-state index is 6.42. The van der Waals surface area contributed by atoms with Crippen LogP contribution in [0.25, 0.3) is 0 Å². The van der Waals surface area contributed by atoms with Crippen molar-refractivity contribution in [2.24, 2.45) is 17.6 Å². The normalized spacial score (nSPS) is 41.3. The Bertz CT molecular complexity index is 262. The first-order valence-electron chi connectivity index (χ1n) is 8.01. The lowest BCUT2D eigenvalue weighted by molar-refractivity contribution is 0.102. The molecule has 0 aromatic carbocycles. The average molecular weight is 252 g/mol. The van der Waals surface area contributed by atoms with E-state index in [1.54, 1.807) is 0 Å². The van der Waals surface area contributed by atoms with Gasteiger partial charge in [0.2, 0.25) is 0 Å². The van der Waals surface area contributed by atoms with Crippen LogP contribution in [0.15, 0.2) is 0 Å². The third-order valence-electron chi connectivity index (χ3n) is 5.24. The van der Waals surface area contributed by atoms with Gasteiger partial charge in [0.05, 0.1) is 0 Å². The second-order valence-electron chi connectivity index (χ2n) is 7.35. The van der Waals surface area contributed by atoms with Gasteiger partial charge < -0.3 is 5.73 Å². The van der Waals surface area contributed by atoms with E-state index in [1.807, 2.05) is 0 Å². The molecule has 0 bridgehead atoms. The molecule has 18 heavy (non-hydrogen) atoms. The van der Waals surface area contributed by atoms with Gasteiger partial charge in [-0.15, -0.1) is 0 Å². The van der Waals surface area contributed by atoms with Gasteiger partial charge >= 0.3 is 0 Å². The fourth-order valence-electron chi connectivity index (χ4n) is 4.03. The highest BCUT2D eigenvalue weighted by Gasteiger charge is 2.32. The molecule has 0 aromatic rings. The molecule has 1 aliphatic heterocycles. The Morgan fingerprint density at radius 3 is 2.72 bits per heavy atom. The van der Waals surface area contributed by atoms with Crippen LogP contribution in [0.4, 0.5) is 0 Å². The molecule has 4 unspecified atom stereocenters. The Morgan fingerprint density at radius 1 is 1.22 bits per heavy atom. The first-order chi connectivity index (χ1) is 8.48. The highest BCUT2D eigenvalue weighted by atomic mass is 15.2. The summed E-state index contributed by atoms with van der Waals surface area (Å²) in [5.41, 5.74) is 6.45. The Hall–Kier alpha value is -0.0800. The Morgan fingerprint density at radius 2 is 2.00 bits per heavy atom. The molecule has 1 saturated heterocycles. The van der Waals surface area contributed by atoms with Gasteiger partial charge in [0, 0.05) is 18.1 Å². The fourth-order valence-corrected chi connectivity index (χ4v) is 4.03. The number of hydrogen-bond donors (Lipinski definition) is 1. The van der Waals surface area contributed by atoms with Gasteiger partial charge in [0.15, 0.2) is 0 Å². The maximum Gasteiger partial charge on any atom is 0.0254 e. The van der Waals surface area contributed by atoms with E-state index < -0.39 is 0 Å². The summed E-state index contributed by atoms with van der Waals surface area (Å²) in [7, 11) is 0. The van der Waals surface area contributed by atoms with Crippen molar-refractivity contribution in [2.75, 3.05) is 13.1 Å². The number of hydrogen-bond acceptors (Lipinski definition) is 2. The predicted molar refractivity (Wildman–Crippen MR) is 78.6 cm³/mol. The second kappa shape index (κ2) is 5.92. The van der Waals surface area contributed by atoms with Crippen molar-refractivity contribution in [2.45, 2.75) is 77.3 Å². The summed E-state index contributed by atoms with van der Waals surface area (Å²) >= 11 is 0. The van der Waals surface area contributed by atoms with Gasteiger partial charge in [0.1, 0.15) is 0 Å².